The largest absolute Gasteiger partial charge is 0.444 e. The van der Waals surface area contributed by atoms with Crippen LogP contribution < -0.4 is 0 Å². The van der Waals surface area contributed by atoms with Crippen LogP contribution in [0.3, 0.4) is 0 Å². The Bertz CT molecular complexity index is 443. The molecule has 1 rings (SSSR count). The third-order valence-electron chi connectivity index (χ3n) is 4.37. The van der Waals surface area contributed by atoms with Crippen molar-refractivity contribution in [1.29, 1.82) is 0 Å². The molecule has 0 aliphatic carbocycles. The van der Waals surface area contributed by atoms with Gasteiger partial charge in [-0.2, -0.15) is 0 Å². The van der Waals surface area contributed by atoms with Crippen molar-refractivity contribution in [3.05, 3.63) is 0 Å². The Kier molecular flexibility index (Phi) is 6.52. The van der Waals surface area contributed by atoms with Gasteiger partial charge in [-0.15, -0.1) is 0 Å². The number of aliphatic hydroxyl groups excluding tert-OH is 2. The van der Waals surface area contributed by atoms with Gasteiger partial charge in [0.15, 0.2) is 14.8 Å². The zero-order valence-electron chi connectivity index (χ0n) is 16.4. The topological polar surface area (TPSA) is 79.2 Å². The van der Waals surface area contributed by atoms with Crippen LogP contribution in [0.15, 0.2) is 0 Å². The van der Waals surface area contributed by atoms with Crippen LogP contribution in [0.2, 0.25) is 13.1 Å². The van der Waals surface area contributed by atoms with E-state index in [2.05, 4.69) is 20.8 Å². The minimum Gasteiger partial charge on any atom is -0.444 e. The predicted molar refractivity (Wildman–Crippen MR) is 96.3 cm³/mol. The van der Waals surface area contributed by atoms with Crippen LogP contribution in [0.4, 0.5) is 4.79 Å². The van der Waals surface area contributed by atoms with Gasteiger partial charge in [-0.25, -0.2) is 4.79 Å². The van der Waals surface area contributed by atoms with Gasteiger partial charge >= 0.3 is 6.09 Å². The Hall–Kier alpha value is -0.633. The van der Waals surface area contributed by atoms with E-state index in [0.29, 0.717) is 13.0 Å². The summed E-state index contributed by atoms with van der Waals surface area (Å²) >= 11 is 0. The van der Waals surface area contributed by atoms with E-state index in [4.69, 9.17) is 9.16 Å². The van der Waals surface area contributed by atoms with Gasteiger partial charge in [0, 0.05) is 13.0 Å². The second-order valence-electron chi connectivity index (χ2n) is 9.07. The van der Waals surface area contributed by atoms with E-state index in [1.807, 2.05) is 33.9 Å². The number of carbonyl (C=O) groups excluding carboxylic acids is 1. The SMILES string of the molecule is C[SiH](C)O[C@]1(C(O)CO)C[C@H](C(C)(C)C)CN1C(=O)OC(C)(C)C. The highest BCUT2D eigenvalue weighted by molar-refractivity contribution is 6.48. The summed E-state index contributed by atoms with van der Waals surface area (Å²) in [6.07, 6.45) is -1.17. The number of ether oxygens (including phenoxy) is 1. The van der Waals surface area contributed by atoms with Crippen LogP contribution in [0.5, 0.6) is 0 Å². The molecule has 1 aliphatic heterocycles. The number of likely N-dealkylation sites (tertiary alicyclic amines) is 1. The molecule has 0 aromatic rings. The van der Waals surface area contributed by atoms with Gasteiger partial charge in [-0.05, 0) is 45.2 Å². The molecule has 24 heavy (non-hydrogen) atoms. The van der Waals surface area contributed by atoms with Crippen molar-refractivity contribution in [2.24, 2.45) is 11.3 Å². The van der Waals surface area contributed by atoms with Gasteiger partial charge in [-0.3, -0.25) is 4.90 Å². The first kappa shape index (κ1) is 21.4. The van der Waals surface area contributed by atoms with Crippen LogP contribution in [0.25, 0.3) is 0 Å². The Balaban J connectivity index is 3.27. The van der Waals surface area contributed by atoms with E-state index in [1.54, 1.807) is 0 Å². The lowest BCUT2D eigenvalue weighted by Gasteiger charge is -2.42. The first-order valence-electron chi connectivity index (χ1n) is 8.70. The molecule has 0 bridgehead atoms. The van der Waals surface area contributed by atoms with Gasteiger partial charge < -0.3 is 19.4 Å². The van der Waals surface area contributed by atoms with Crippen molar-refractivity contribution in [3.8, 4) is 0 Å². The van der Waals surface area contributed by atoms with Gasteiger partial charge in [0.1, 0.15) is 11.7 Å². The summed E-state index contributed by atoms with van der Waals surface area (Å²) < 4.78 is 11.7. The second-order valence-corrected chi connectivity index (χ2v) is 11.4. The standard InChI is InChI=1S/C17H35NO5Si/c1-15(2,3)12-9-17(13(20)11-19,23-24(7)8)18(10-12)14(21)22-16(4,5)6/h12-13,19-20,24H,9-11H2,1-8H3/t12-,13?,17-/m0/s1. The minimum absolute atomic E-state index is 0.0565. The van der Waals surface area contributed by atoms with E-state index in [-0.39, 0.29) is 11.3 Å². The maximum absolute atomic E-state index is 12.8. The molecule has 1 heterocycles. The molecule has 1 saturated heterocycles. The summed E-state index contributed by atoms with van der Waals surface area (Å²) in [6.45, 7) is 15.7. The zero-order chi connectivity index (χ0) is 18.9. The summed E-state index contributed by atoms with van der Waals surface area (Å²) in [4.78, 5) is 14.3. The van der Waals surface area contributed by atoms with E-state index in [1.165, 1.54) is 4.90 Å². The summed E-state index contributed by atoms with van der Waals surface area (Å²) in [7, 11) is -1.60. The maximum Gasteiger partial charge on any atom is 0.412 e. The summed E-state index contributed by atoms with van der Waals surface area (Å²) in [5.41, 5.74) is -1.91. The van der Waals surface area contributed by atoms with Crippen molar-refractivity contribution in [2.75, 3.05) is 13.2 Å². The van der Waals surface area contributed by atoms with Crippen molar-refractivity contribution < 1.29 is 24.2 Å². The molecule has 6 nitrogen and oxygen atoms in total. The lowest BCUT2D eigenvalue weighted by molar-refractivity contribution is -0.150. The van der Waals surface area contributed by atoms with Crippen molar-refractivity contribution in [2.45, 2.75) is 78.5 Å². The van der Waals surface area contributed by atoms with Crippen LogP contribution in [0.1, 0.15) is 48.0 Å². The lowest BCUT2D eigenvalue weighted by atomic mass is 9.78. The zero-order valence-corrected chi connectivity index (χ0v) is 17.6. The number of rotatable bonds is 4. The molecule has 0 radical (unpaired) electrons. The fourth-order valence-corrected chi connectivity index (χ4v) is 4.28. The van der Waals surface area contributed by atoms with Gasteiger partial charge in [0.2, 0.25) is 0 Å². The molecular weight excluding hydrogens is 326 g/mol. The highest BCUT2D eigenvalue weighted by Crippen LogP contribution is 2.45. The van der Waals surface area contributed by atoms with E-state index in [0.717, 1.165) is 0 Å². The lowest BCUT2D eigenvalue weighted by Crippen LogP contribution is -2.60. The molecule has 7 heteroatoms. The first-order valence-corrected chi connectivity index (χ1v) is 11.5. The molecule has 0 aromatic carbocycles. The highest BCUT2D eigenvalue weighted by atomic mass is 28.3. The Labute approximate surface area is 147 Å². The average Bonchev–Trinajstić information content (AvgIpc) is 2.75. The van der Waals surface area contributed by atoms with Crippen LogP contribution in [0, 0.1) is 11.3 Å². The summed E-state index contributed by atoms with van der Waals surface area (Å²) in [5.74, 6) is 0.138. The molecule has 142 valence electrons. The molecule has 1 fully saturated rings. The Morgan fingerprint density at radius 2 is 1.83 bits per heavy atom. The fourth-order valence-electron chi connectivity index (χ4n) is 3.09. The third-order valence-corrected chi connectivity index (χ3v) is 5.25. The second kappa shape index (κ2) is 7.31. The molecule has 2 N–H and O–H groups in total. The molecule has 0 spiro atoms. The monoisotopic (exact) mass is 361 g/mol. The molecule has 1 unspecified atom stereocenters. The van der Waals surface area contributed by atoms with E-state index in [9.17, 15) is 15.0 Å². The number of hydrogen-bond acceptors (Lipinski definition) is 5. The quantitative estimate of drug-likeness (QED) is 0.752. The van der Waals surface area contributed by atoms with Gasteiger partial charge in [0.05, 0.1) is 6.61 Å². The minimum atomic E-state index is -1.60. The smallest absolute Gasteiger partial charge is 0.412 e. The van der Waals surface area contributed by atoms with Crippen molar-refractivity contribution in [1.82, 2.24) is 4.90 Å². The molecule has 0 aromatic heterocycles. The number of aliphatic hydroxyl groups is 2. The summed E-state index contributed by atoms with van der Waals surface area (Å²) in [6, 6.07) is 0. The highest BCUT2D eigenvalue weighted by Gasteiger charge is 2.56. The predicted octanol–water partition coefficient (Wildman–Crippen LogP) is 2.34. The van der Waals surface area contributed by atoms with Crippen LogP contribution in [-0.4, -0.2) is 60.8 Å². The fraction of sp³-hybridized carbons (Fsp3) is 0.941. The average molecular weight is 362 g/mol. The maximum atomic E-state index is 12.8. The van der Waals surface area contributed by atoms with E-state index < -0.39 is 39.2 Å². The number of amides is 1. The molecule has 0 saturated carbocycles. The number of carbonyl (C=O) groups is 1. The molecular formula is C17H35NO5Si. The van der Waals surface area contributed by atoms with E-state index >= 15 is 0 Å². The van der Waals surface area contributed by atoms with Crippen molar-refractivity contribution >= 4 is 15.1 Å². The third kappa shape index (κ3) is 4.94. The Morgan fingerprint density at radius 3 is 2.21 bits per heavy atom. The number of hydrogen-bond donors (Lipinski definition) is 2. The first-order chi connectivity index (χ1) is 10.7. The number of nitrogens with zero attached hydrogens (tertiary/aromatic N) is 1. The van der Waals surface area contributed by atoms with Gasteiger partial charge in [0.25, 0.3) is 0 Å². The molecule has 1 aliphatic rings. The summed E-state index contributed by atoms with van der Waals surface area (Å²) in [5, 5.41) is 20.2. The van der Waals surface area contributed by atoms with Gasteiger partial charge in [-0.1, -0.05) is 20.8 Å². The Morgan fingerprint density at radius 1 is 1.29 bits per heavy atom. The normalized spacial score (nSPS) is 26.8. The molecule has 1 amide bonds. The molecule has 3 atom stereocenters. The van der Waals surface area contributed by atoms with Crippen LogP contribution >= 0.6 is 0 Å². The van der Waals surface area contributed by atoms with Crippen LogP contribution in [-0.2, 0) is 9.16 Å². The van der Waals surface area contributed by atoms with Crippen molar-refractivity contribution in [3.63, 3.8) is 0 Å².